The first-order valence-electron chi connectivity index (χ1n) is 36.2. The summed E-state index contributed by atoms with van der Waals surface area (Å²) in [5.41, 5.74) is 20.4. The quantitative estimate of drug-likeness (QED) is 0.0444. The third-order valence-corrected chi connectivity index (χ3v) is 16.1. The standard InChI is InChI=1S/4C18H37NO/c4*1-2-3-4-5-6-7-8-9-10-11-12-13-14-15-16-17-18(19)20/h4*2-17H2,1H3,(H2,19,20). The first kappa shape index (κ1) is 84.3. The molecular weight excluding hydrogens is 985 g/mol. The normalized spacial score (nSPS) is 10.8. The van der Waals surface area contributed by atoms with E-state index in [1.807, 2.05) is 0 Å². The van der Waals surface area contributed by atoms with Gasteiger partial charge in [0.2, 0.25) is 23.6 Å². The molecule has 0 rings (SSSR count). The lowest BCUT2D eigenvalue weighted by molar-refractivity contribution is -0.119. The molecule has 4 amide bonds. The SMILES string of the molecule is CCCCCCCCCCCCCCCCCC(N)=O.CCCCCCCCCCCCCCCCCC(N)=O.CCCCCCCCCCCCCCCCCC(N)=O.CCCCCCCCCCCCCCCCCC(N)=O. The highest BCUT2D eigenvalue weighted by Gasteiger charge is 2.01. The van der Waals surface area contributed by atoms with Crippen molar-refractivity contribution in [2.24, 2.45) is 22.9 Å². The van der Waals surface area contributed by atoms with E-state index in [0.717, 1.165) is 25.7 Å². The van der Waals surface area contributed by atoms with Crippen molar-refractivity contribution >= 4 is 23.6 Å². The molecule has 0 aliphatic rings. The smallest absolute Gasteiger partial charge is 0.217 e. The van der Waals surface area contributed by atoms with Gasteiger partial charge in [-0.3, -0.25) is 19.2 Å². The van der Waals surface area contributed by atoms with Crippen LogP contribution in [0.3, 0.4) is 0 Å². The lowest BCUT2D eigenvalue weighted by atomic mass is 10.0. The number of primary amides is 4. The summed E-state index contributed by atoms with van der Waals surface area (Å²) in [6.45, 7) is 9.10. The van der Waals surface area contributed by atoms with Crippen LogP contribution in [0.15, 0.2) is 0 Å². The molecule has 480 valence electrons. The Bertz CT molecular complexity index is 990. The molecule has 0 saturated heterocycles. The summed E-state index contributed by atoms with van der Waals surface area (Å²) in [5.74, 6) is -0.612. The molecule has 0 fully saturated rings. The Morgan fingerprint density at radius 1 is 0.150 bits per heavy atom. The van der Waals surface area contributed by atoms with Crippen LogP contribution in [-0.4, -0.2) is 23.6 Å². The second-order valence-corrected chi connectivity index (χ2v) is 24.7. The second kappa shape index (κ2) is 81.1. The highest BCUT2D eigenvalue weighted by atomic mass is 16.2. The van der Waals surface area contributed by atoms with Gasteiger partial charge >= 0.3 is 0 Å². The molecule has 0 spiro atoms. The first-order valence-corrected chi connectivity index (χ1v) is 36.2. The number of hydrogen-bond donors (Lipinski definition) is 4. The number of rotatable bonds is 64. The van der Waals surface area contributed by atoms with Gasteiger partial charge in [-0.2, -0.15) is 0 Å². The van der Waals surface area contributed by atoms with Gasteiger partial charge in [-0.05, 0) is 25.7 Å². The molecule has 0 aliphatic heterocycles. The van der Waals surface area contributed by atoms with E-state index in [-0.39, 0.29) is 23.6 Å². The summed E-state index contributed by atoms with van der Waals surface area (Å²) in [6, 6.07) is 0. The van der Waals surface area contributed by atoms with Crippen LogP contribution >= 0.6 is 0 Å². The maximum Gasteiger partial charge on any atom is 0.217 e. The van der Waals surface area contributed by atoms with Crippen LogP contribution in [0.25, 0.3) is 0 Å². The fourth-order valence-corrected chi connectivity index (χ4v) is 10.7. The average Bonchev–Trinajstić information content (AvgIpc) is 3.43. The largest absolute Gasteiger partial charge is 0.370 e. The third-order valence-electron chi connectivity index (χ3n) is 16.1. The minimum atomic E-state index is -0.153. The second-order valence-electron chi connectivity index (χ2n) is 24.7. The number of hydrogen-bond acceptors (Lipinski definition) is 4. The van der Waals surface area contributed by atoms with Crippen LogP contribution in [-0.2, 0) is 19.2 Å². The van der Waals surface area contributed by atoms with Crippen LogP contribution in [0.2, 0.25) is 0 Å². The Morgan fingerprint density at radius 2 is 0.225 bits per heavy atom. The highest BCUT2D eigenvalue weighted by Crippen LogP contribution is 2.18. The fraction of sp³-hybridized carbons (Fsp3) is 0.944. The molecule has 8 nitrogen and oxygen atoms in total. The molecule has 8 heteroatoms. The Hall–Kier alpha value is -2.12. The van der Waals surface area contributed by atoms with Crippen molar-refractivity contribution in [3.05, 3.63) is 0 Å². The van der Waals surface area contributed by atoms with Crippen molar-refractivity contribution in [3.8, 4) is 0 Å². The Morgan fingerprint density at radius 3 is 0.300 bits per heavy atom. The zero-order chi connectivity index (χ0) is 59.6. The van der Waals surface area contributed by atoms with E-state index in [1.54, 1.807) is 0 Å². The number of carbonyl (C=O) groups is 4. The lowest BCUT2D eigenvalue weighted by Gasteiger charge is -2.03. The summed E-state index contributed by atoms with van der Waals surface area (Å²) < 4.78 is 0. The minimum absolute atomic E-state index is 0.153. The van der Waals surface area contributed by atoms with Crippen molar-refractivity contribution in [3.63, 3.8) is 0 Å². The molecule has 0 saturated carbocycles. The summed E-state index contributed by atoms with van der Waals surface area (Å²) >= 11 is 0. The van der Waals surface area contributed by atoms with Gasteiger partial charge in [0, 0.05) is 25.7 Å². The van der Waals surface area contributed by atoms with Crippen LogP contribution < -0.4 is 22.9 Å². The van der Waals surface area contributed by atoms with Crippen LogP contribution in [0.5, 0.6) is 0 Å². The maximum atomic E-state index is 10.6. The van der Waals surface area contributed by atoms with Crippen molar-refractivity contribution in [1.82, 2.24) is 0 Å². The zero-order valence-electron chi connectivity index (χ0n) is 55.2. The monoisotopic (exact) mass is 1130 g/mol. The number of unbranched alkanes of at least 4 members (excludes halogenated alkanes) is 56. The van der Waals surface area contributed by atoms with Crippen LogP contribution in [0, 0.1) is 0 Å². The molecule has 0 bridgehead atoms. The summed E-state index contributed by atoms with van der Waals surface area (Å²) in [7, 11) is 0. The third kappa shape index (κ3) is 98.0. The molecule has 8 N–H and O–H groups in total. The summed E-state index contributed by atoms with van der Waals surface area (Å²) in [6.07, 6.45) is 83.5. The van der Waals surface area contributed by atoms with Crippen LogP contribution in [0.4, 0.5) is 0 Å². The molecule has 0 radical (unpaired) electrons. The van der Waals surface area contributed by atoms with Crippen molar-refractivity contribution in [1.29, 1.82) is 0 Å². The predicted molar refractivity (Wildman–Crippen MR) is 355 cm³/mol. The van der Waals surface area contributed by atoms with E-state index in [9.17, 15) is 19.2 Å². The average molecular weight is 1130 g/mol. The van der Waals surface area contributed by atoms with E-state index in [2.05, 4.69) is 27.7 Å². The molecule has 0 unspecified atom stereocenters. The van der Waals surface area contributed by atoms with Crippen molar-refractivity contribution in [2.75, 3.05) is 0 Å². The Labute approximate surface area is 502 Å². The van der Waals surface area contributed by atoms with E-state index >= 15 is 0 Å². The molecule has 0 aromatic heterocycles. The van der Waals surface area contributed by atoms with Gasteiger partial charge in [-0.15, -0.1) is 0 Å². The van der Waals surface area contributed by atoms with Gasteiger partial charge in [0.05, 0.1) is 0 Å². The molecular formula is C72H148N4O4. The topological polar surface area (TPSA) is 172 Å². The first-order chi connectivity index (χ1) is 39.1. The molecule has 0 atom stereocenters. The predicted octanol–water partition coefficient (Wildman–Crippen LogP) is 22.9. The molecule has 0 aliphatic carbocycles. The lowest BCUT2D eigenvalue weighted by Crippen LogP contribution is -2.09. The fourth-order valence-electron chi connectivity index (χ4n) is 10.7. The van der Waals surface area contributed by atoms with Gasteiger partial charge in [0.25, 0.3) is 0 Å². The van der Waals surface area contributed by atoms with Gasteiger partial charge in [0.15, 0.2) is 0 Å². The van der Waals surface area contributed by atoms with Gasteiger partial charge in [-0.1, -0.05) is 387 Å². The van der Waals surface area contributed by atoms with E-state index in [1.165, 1.54) is 360 Å². The summed E-state index contributed by atoms with van der Waals surface area (Å²) in [5, 5.41) is 0. The van der Waals surface area contributed by atoms with Crippen molar-refractivity contribution in [2.45, 2.75) is 439 Å². The minimum Gasteiger partial charge on any atom is -0.370 e. The zero-order valence-corrected chi connectivity index (χ0v) is 55.2. The highest BCUT2D eigenvalue weighted by molar-refractivity contribution is 5.74. The number of amides is 4. The van der Waals surface area contributed by atoms with E-state index in [4.69, 9.17) is 22.9 Å². The van der Waals surface area contributed by atoms with Gasteiger partial charge in [0.1, 0.15) is 0 Å². The molecule has 80 heavy (non-hydrogen) atoms. The van der Waals surface area contributed by atoms with Crippen molar-refractivity contribution < 1.29 is 19.2 Å². The van der Waals surface area contributed by atoms with E-state index in [0.29, 0.717) is 25.7 Å². The number of nitrogens with two attached hydrogens (primary N) is 4. The molecule has 0 aromatic carbocycles. The Kier molecular flexibility index (Phi) is 85.5. The Balaban J connectivity index is -0.000000481. The molecule has 0 heterocycles. The maximum absolute atomic E-state index is 10.6. The summed E-state index contributed by atoms with van der Waals surface area (Å²) in [4.78, 5) is 42.2. The number of carbonyl (C=O) groups excluding carboxylic acids is 4. The van der Waals surface area contributed by atoms with Gasteiger partial charge < -0.3 is 22.9 Å². The van der Waals surface area contributed by atoms with E-state index < -0.39 is 0 Å². The van der Waals surface area contributed by atoms with Gasteiger partial charge in [-0.25, -0.2) is 0 Å². The molecule has 0 aromatic rings. The van der Waals surface area contributed by atoms with Crippen LogP contribution in [0.1, 0.15) is 439 Å².